The van der Waals surface area contributed by atoms with Gasteiger partial charge in [-0.15, -0.1) is 0 Å². The molecule has 0 aromatic carbocycles. The summed E-state index contributed by atoms with van der Waals surface area (Å²) in [6, 6.07) is 0. The Hall–Kier alpha value is -0.340. The van der Waals surface area contributed by atoms with Gasteiger partial charge in [0.1, 0.15) is 0 Å². The number of aliphatic hydroxyl groups excluding tert-OH is 2. The Bertz CT molecular complexity index is 69.3. The summed E-state index contributed by atoms with van der Waals surface area (Å²) in [6.45, 7) is 0.471. The van der Waals surface area contributed by atoms with Crippen LogP contribution in [0, 0.1) is 0 Å². The Morgan fingerprint density at radius 3 is 2.11 bits per heavy atom. The van der Waals surface area contributed by atoms with E-state index in [1.165, 1.54) is 0 Å². The van der Waals surface area contributed by atoms with Gasteiger partial charge in [0.2, 0.25) is 0 Å². The normalized spacial score (nSPS) is 10.9. The minimum absolute atomic E-state index is 0.218. The molecule has 2 N–H and O–H groups in total. The highest BCUT2D eigenvalue weighted by Crippen LogP contribution is 1.90. The molecule has 0 aromatic heterocycles. The van der Waals surface area contributed by atoms with E-state index in [9.17, 15) is 0 Å². The molecule has 0 unspecified atom stereocenters. The second-order valence-corrected chi connectivity index (χ2v) is 1.85. The molecule has 0 fully saturated rings. The van der Waals surface area contributed by atoms with Crippen LogP contribution in [0.2, 0.25) is 0 Å². The quantitative estimate of drug-likeness (QED) is 0.425. The third-order valence-corrected chi connectivity index (χ3v) is 0.991. The standard InChI is InChI=1S/C7H14O2/c8-6-4-2-1-3-5-7-9/h1-2,8-9H,3-7H2. The fourth-order valence-electron chi connectivity index (χ4n) is 0.519. The highest BCUT2D eigenvalue weighted by molar-refractivity contribution is 4.80. The third-order valence-electron chi connectivity index (χ3n) is 0.991. The van der Waals surface area contributed by atoms with Gasteiger partial charge in [-0.2, -0.15) is 0 Å². The summed E-state index contributed by atoms with van der Waals surface area (Å²) in [5.41, 5.74) is 0. The zero-order chi connectivity index (χ0) is 6.95. The number of aliphatic hydroxyl groups is 2. The summed E-state index contributed by atoms with van der Waals surface area (Å²) >= 11 is 0. The molecule has 0 amide bonds. The van der Waals surface area contributed by atoms with E-state index in [0.717, 1.165) is 19.3 Å². The van der Waals surface area contributed by atoms with Crippen molar-refractivity contribution in [2.45, 2.75) is 19.3 Å². The van der Waals surface area contributed by atoms with E-state index >= 15 is 0 Å². The molecule has 0 saturated heterocycles. The first-order valence-corrected chi connectivity index (χ1v) is 3.28. The Morgan fingerprint density at radius 2 is 1.56 bits per heavy atom. The zero-order valence-corrected chi connectivity index (χ0v) is 5.58. The van der Waals surface area contributed by atoms with Crippen LogP contribution < -0.4 is 0 Å². The molecule has 9 heavy (non-hydrogen) atoms. The lowest BCUT2D eigenvalue weighted by Gasteiger charge is -1.86. The van der Waals surface area contributed by atoms with E-state index in [1.54, 1.807) is 0 Å². The highest BCUT2D eigenvalue weighted by Gasteiger charge is 1.77. The van der Waals surface area contributed by atoms with Gasteiger partial charge < -0.3 is 10.2 Å². The Balaban J connectivity index is 2.86. The van der Waals surface area contributed by atoms with E-state index in [0.29, 0.717) is 0 Å². The van der Waals surface area contributed by atoms with Crippen molar-refractivity contribution in [1.82, 2.24) is 0 Å². The van der Waals surface area contributed by atoms with Gasteiger partial charge in [-0.3, -0.25) is 0 Å². The van der Waals surface area contributed by atoms with Crippen LogP contribution in [0.5, 0.6) is 0 Å². The Kier molecular flexibility index (Phi) is 7.37. The molecule has 0 heterocycles. The lowest BCUT2D eigenvalue weighted by molar-refractivity contribution is 0.289. The van der Waals surface area contributed by atoms with Crippen molar-refractivity contribution in [3.05, 3.63) is 12.2 Å². The summed E-state index contributed by atoms with van der Waals surface area (Å²) in [6.07, 6.45) is 6.37. The van der Waals surface area contributed by atoms with Gasteiger partial charge >= 0.3 is 0 Å². The van der Waals surface area contributed by atoms with Crippen molar-refractivity contribution in [1.29, 1.82) is 0 Å². The van der Waals surface area contributed by atoms with Crippen LogP contribution in [0.15, 0.2) is 12.2 Å². The van der Waals surface area contributed by atoms with Crippen molar-refractivity contribution in [2.75, 3.05) is 13.2 Å². The maximum atomic E-state index is 8.34. The molecule has 2 heteroatoms. The third kappa shape index (κ3) is 7.66. The van der Waals surface area contributed by atoms with Crippen LogP contribution in [0.3, 0.4) is 0 Å². The molecule has 54 valence electrons. The molecule has 0 bridgehead atoms. The van der Waals surface area contributed by atoms with Crippen LogP contribution in [0.4, 0.5) is 0 Å². The molecular weight excluding hydrogens is 116 g/mol. The summed E-state index contributed by atoms with van der Waals surface area (Å²) in [5.74, 6) is 0. The fraction of sp³-hybridized carbons (Fsp3) is 0.714. The first kappa shape index (κ1) is 8.66. The summed E-state index contributed by atoms with van der Waals surface area (Å²) < 4.78 is 0. The van der Waals surface area contributed by atoms with Crippen molar-refractivity contribution < 1.29 is 10.2 Å². The van der Waals surface area contributed by atoms with Crippen LogP contribution in [0.25, 0.3) is 0 Å². The van der Waals surface area contributed by atoms with Gasteiger partial charge in [0.15, 0.2) is 0 Å². The zero-order valence-electron chi connectivity index (χ0n) is 5.58. The number of hydrogen-bond donors (Lipinski definition) is 2. The molecule has 0 spiro atoms. The minimum Gasteiger partial charge on any atom is -0.396 e. The number of unbranched alkanes of at least 4 members (excludes halogenated alkanes) is 1. The SMILES string of the molecule is OCCC=CCCCO. The largest absolute Gasteiger partial charge is 0.396 e. The topological polar surface area (TPSA) is 40.5 Å². The average Bonchev–Trinajstić information content (AvgIpc) is 1.89. The first-order chi connectivity index (χ1) is 4.41. The maximum Gasteiger partial charge on any atom is 0.0465 e. The predicted octanol–water partition coefficient (Wildman–Crippen LogP) is 0.698. The highest BCUT2D eigenvalue weighted by atomic mass is 16.3. The van der Waals surface area contributed by atoms with Crippen molar-refractivity contribution >= 4 is 0 Å². The van der Waals surface area contributed by atoms with Gasteiger partial charge in [0, 0.05) is 13.2 Å². The minimum atomic E-state index is 0.218. The van der Waals surface area contributed by atoms with E-state index in [4.69, 9.17) is 10.2 Å². The van der Waals surface area contributed by atoms with E-state index in [2.05, 4.69) is 0 Å². The lowest BCUT2D eigenvalue weighted by atomic mass is 10.3. The van der Waals surface area contributed by atoms with E-state index in [-0.39, 0.29) is 13.2 Å². The molecule has 0 aliphatic heterocycles. The summed E-state index contributed by atoms with van der Waals surface area (Å²) in [4.78, 5) is 0. The molecule has 0 aromatic rings. The van der Waals surface area contributed by atoms with Crippen molar-refractivity contribution in [3.63, 3.8) is 0 Å². The van der Waals surface area contributed by atoms with E-state index in [1.807, 2.05) is 12.2 Å². The predicted molar refractivity (Wildman–Crippen MR) is 37.2 cm³/mol. The second-order valence-electron chi connectivity index (χ2n) is 1.85. The second kappa shape index (κ2) is 7.66. The number of rotatable bonds is 5. The van der Waals surface area contributed by atoms with Crippen molar-refractivity contribution in [3.8, 4) is 0 Å². The molecular formula is C7H14O2. The van der Waals surface area contributed by atoms with Gasteiger partial charge in [0.25, 0.3) is 0 Å². The van der Waals surface area contributed by atoms with Crippen molar-refractivity contribution in [2.24, 2.45) is 0 Å². The van der Waals surface area contributed by atoms with Crippen LogP contribution in [-0.4, -0.2) is 23.4 Å². The Labute approximate surface area is 55.8 Å². The molecule has 0 saturated carbocycles. The molecule has 0 aliphatic rings. The number of allylic oxidation sites excluding steroid dienone is 1. The summed E-state index contributed by atoms with van der Waals surface area (Å²) in [5, 5.41) is 16.7. The molecule has 0 rings (SSSR count). The molecule has 0 radical (unpaired) electrons. The smallest absolute Gasteiger partial charge is 0.0465 e. The molecule has 2 nitrogen and oxygen atoms in total. The van der Waals surface area contributed by atoms with Crippen LogP contribution in [-0.2, 0) is 0 Å². The lowest BCUT2D eigenvalue weighted by Crippen LogP contribution is -1.79. The first-order valence-electron chi connectivity index (χ1n) is 3.28. The summed E-state index contributed by atoms with van der Waals surface area (Å²) in [7, 11) is 0. The van der Waals surface area contributed by atoms with E-state index < -0.39 is 0 Å². The fourth-order valence-corrected chi connectivity index (χ4v) is 0.519. The monoisotopic (exact) mass is 130 g/mol. The average molecular weight is 130 g/mol. The number of hydrogen-bond acceptors (Lipinski definition) is 2. The van der Waals surface area contributed by atoms with Gasteiger partial charge in [-0.05, 0) is 19.3 Å². The molecule has 0 aliphatic carbocycles. The van der Waals surface area contributed by atoms with Crippen LogP contribution >= 0.6 is 0 Å². The maximum absolute atomic E-state index is 8.34. The molecule has 0 atom stereocenters. The Morgan fingerprint density at radius 1 is 0.889 bits per heavy atom. The van der Waals surface area contributed by atoms with Crippen LogP contribution in [0.1, 0.15) is 19.3 Å². The van der Waals surface area contributed by atoms with Gasteiger partial charge in [-0.1, -0.05) is 12.2 Å². The van der Waals surface area contributed by atoms with Gasteiger partial charge in [-0.25, -0.2) is 0 Å². The van der Waals surface area contributed by atoms with Gasteiger partial charge in [0.05, 0.1) is 0 Å².